The van der Waals surface area contributed by atoms with Crippen molar-refractivity contribution in [2.45, 2.75) is 25.8 Å². The average molecular weight is 535 g/mol. The zero-order chi connectivity index (χ0) is 27.4. The molecule has 1 amide bonds. The van der Waals surface area contributed by atoms with Gasteiger partial charge in [0.15, 0.2) is 0 Å². The van der Waals surface area contributed by atoms with Crippen LogP contribution in [0.3, 0.4) is 0 Å². The van der Waals surface area contributed by atoms with Crippen molar-refractivity contribution in [3.05, 3.63) is 42.2 Å². The fraction of sp³-hybridized carbons (Fsp3) is 0.500. The van der Waals surface area contributed by atoms with Crippen molar-refractivity contribution in [3.8, 4) is 11.8 Å². The lowest BCUT2D eigenvalue weighted by Gasteiger charge is -2.38. The van der Waals surface area contributed by atoms with Gasteiger partial charge in [-0.05, 0) is 57.6 Å². The van der Waals surface area contributed by atoms with E-state index in [0.29, 0.717) is 38.7 Å². The monoisotopic (exact) mass is 534 g/mol. The van der Waals surface area contributed by atoms with Crippen molar-refractivity contribution < 1.29 is 14.3 Å². The molecule has 0 saturated carbocycles. The third-order valence-corrected chi connectivity index (χ3v) is 7.70. The summed E-state index contributed by atoms with van der Waals surface area (Å²) in [5.74, 6) is 1.67. The van der Waals surface area contributed by atoms with Crippen LogP contribution in [0, 0.1) is 0 Å². The second-order valence-electron chi connectivity index (χ2n) is 10.1. The first-order valence-corrected chi connectivity index (χ1v) is 13.6. The van der Waals surface area contributed by atoms with Gasteiger partial charge in [-0.1, -0.05) is 6.58 Å². The molecule has 3 aromatic rings. The molecule has 3 aliphatic rings. The summed E-state index contributed by atoms with van der Waals surface area (Å²) in [6, 6.07) is 4.29. The molecule has 1 N–H and O–H groups in total. The number of H-pyrrole nitrogens is 1. The highest BCUT2D eigenvalue weighted by atomic mass is 16.5. The quantitative estimate of drug-likeness (QED) is 0.495. The molecule has 2 saturated heterocycles. The Morgan fingerprint density at radius 1 is 1.00 bits per heavy atom. The molecule has 0 radical (unpaired) electrons. The Morgan fingerprint density at radius 2 is 1.77 bits per heavy atom. The van der Waals surface area contributed by atoms with E-state index in [-0.39, 0.29) is 5.91 Å². The maximum absolute atomic E-state index is 12.0. The number of piperazine rings is 1. The summed E-state index contributed by atoms with van der Waals surface area (Å²) in [7, 11) is 5.44. The Labute approximate surface area is 229 Å². The van der Waals surface area contributed by atoms with Crippen LogP contribution in [0.15, 0.2) is 31.0 Å². The largest absolute Gasteiger partial charge is 0.495 e. The molecule has 1 aromatic carbocycles. The number of carbonyl (C=O) groups is 1. The molecule has 0 aliphatic carbocycles. The Balaban J connectivity index is 0.000000455. The van der Waals surface area contributed by atoms with E-state index in [9.17, 15) is 4.79 Å². The first-order valence-electron chi connectivity index (χ1n) is 13.6. The van der Waals surface area contributed by atoms with Gasteiger partial charge in [0.05, 0.1) is 43.9 Å². The molecule has 208 valence electrons. The Hall–Kier alpha value is -3.86. The zero-order valence-electron chi connectivity index (χ0n) is 23.1. The van der Waals surface area contributed by atoms with Crippen LogP contribution < -0.4 is 19.3 Å². The molecule has 0 bridgehead atoms. The standard InChI is InChI=1S/C23H27N7O3.C5H11N/c1-4-20(31)28-9-11-29(12-10-28)22-15-7-8-30(14-18(15)25-23(26-22)33-3)21-16-13-24-27-17(16)5-6-19(21)32-2;1-6-4-2-3-5-6/h4-6,13H,1,7-12,14H2,2-3H3,(H,24,27);2-5H2,1H3. The van der Waals surface area contributed by atoms with E-state index in [2.05, 4.69) is 38.5 Å². The second-order valence-corrected chi connectivity index (χ2v) is 10.1. The van der Waals surface area contributed by atoms with E-state index >= 15 is 0 Å². The minimum Gasteiger partial charge on any atom is -0.495 e. The van der Waals surface area contributed by atoms with E-state index in [0.717, 1.165) is 52.4 Å². The van der Waals surface area contributed by atoms with Crippen LogP contribution in [0.1, 0.15) is 24.1 Å². The fourth-order valence-corrected chi connectivity index (χ4v) is 5.55. The van der Waals surface area contributed by atoms with E-state index in [1.165, 1.54) is 32.0 Å². The number of anilines is 2. The number of fused-ring (bicyclic) bond motifs is 2. The molecule has 0 unspecified atom stereocenters. The van der Waals surface area contributed by atoms with Gasteiger partial charge in [-0.3, -0.25) is 9.89 Å². The maximum atomic E-state index is 12.0. The highest BCUT2D eigenvalue weighted by molar-refractivity contribution is 5.95. The number of nitrogens with one attached hydrogen (secondary N) is 1. The third kappa shape index (κ3) is 5.63. The topological polar surface area (TPSA) is 103 Å². The predicted octanol–water partition coefficient (Wildman–Crippen LogP) is 2.48. The first-order chi connectivity index (χ1) is 19.0. The number of nitrogens with zero attached hydrogens (tertiary/aromatic N) is 7. The smallest absolute Gasteiger partial charge is 0.318 e. The molecule has 0 atom stereocenters. The van der Waals surface area contributed by atoms with Crippen molar-refractivity contribution in [2.24, 2.45) is 0 Å². The normalized spacial score (nSPS) is 17.5. The highest BCUT2D eigenvalue weighted by Crippen LogP contribution is 2.39. The summed E-state index contributed by atoms with van der Waals surface area (Å²) >= 11 is 0. The van der Waals surface area contributed by atoms with E-state index in [1.807, 2.05) is 23.2 Å². The lowest BCUT2D eigenvalue weighted by molar-refractivity contribution is -0.126. The van der Waals surface area contributed by atoms with Crippen LogP contribution >= 0.6 is 0 Å². The first kappa shape index (κ1) is 26.7. The number of benzene rings is 1. The summed E-state index contributed by atoms with van der Waals surface area (Å²) in [6.07, 6.45) is 6.82. The van der Waals surface area contributed by atoms with Gasteiger partial charge >= 0.3 is 6.01 Å². The summed E-state index contributed by atoms with van der Waals surface area (Å²) in [5, 5.41) is 8.26. The number of likely N-dealkylation sites (tertiary alicyclic amines) is 1. The number of carbonyl (C=O) groups excluding carboxylic acids is 1. The van der Waals surface area contributed by atoms with Gasteiger partial charge in [-0.2, -0.15) is 15.1 Å². The minimum absolute atomic E-state index is 0.0324. The van der Waals surface area contributed by atoms with Crippen LogP contribution in [0.5, 0.6) is 11.8 Å². The molecular weight excluding hydrogens is 496 g/mol. The predicted molar refractivity (Wildman–Crippen MR) is 152 cm³/mol. The molecule has 2 aromatic heterocycles. The van der Waals surface area contributed by atoms with E-state index in [4.69, 9.17) is 19.4 Å². The highest BCUT2D eigenvalue weighted by Gasteiger charge is 2.29. The van der Waals surface area contributed by atoms with Gasteiger partial charge in [0.1, 0.15) is 11.6 Å². The number of hydrogen-bond acceptors (Lipinski definition) is 9. The lowest BCUT2D eigenvalue weighted by atomic mass is 10.0. The van der Waals surface area contributed by atoms with Crippen LogP contribution in [-0.2, 0) is 17.8 Å². The molecule has 39 heavy (non-hydrogen) atoms. The van der Waals surface area contributed by atoms with E-state index < -0.39 is 0 Å². The molecule has 5 heterocycles. The Bertz CT molecular complexity index is 1310. The number of aromatic amines is 1. The van der Waals surface area contributed by atoms with Gasteiger partial charge in [0, 0.05) is 43.7 Å². The van der Waals surface area contributed by atoms with Crippen LogP contribution in [0.4, 0.5) is 11.5 Å². The maximum Gasteiger partial charge on any atom is 0.318 e. The SMILES string of the molecule is C=CC(=O)N1CCN(c2nc(OC)nc3c2CCN(c2c(OC)ccc4[nH]ncc24)C3)CC1.CN1CCCC1. The number of rotatable bonds is 5. The summed E-state index contributed by atoms with van der Waals surface area (Å²) in [6.45, 7) is 10.3. The number of amides is 1. The number of aromatic nitrogens is 4. The number of ether oxygens (including phenoxy) is 2. The summed E-state index contributed by atoms with van der Waals surface area (Å²) in [4.78, 5) is 30.0. The summed E-state index contributed by atoms with van der Waals surface area (Å²) < 4.78 is 11.1. The Kier molecular flexibility index (Phi) is 8.16. The van der Waals surface area contributed by atoms with Gasteiger partial charge in [0.25, 0.3) is 0 Å². The molecule has 11 heteroatoms. The minimum atomic E-state index is -0.0324. The lowest BCUT2D eigenvalue weighted by Crippen LogP contribution is -2.49. The van der Waals surface area contributed by atoms with Crippen LogP contribution in [0.2, 0.25) is 0 Å². The van der Waals surface area contributed by atoms with Gasteiger partial charge in [0.2, 0.25) is 5.91 Å². The van der Waals surface area contributed by atoms with Crippen molar-refractivity contribution in [1.29, 1.82) is 0 Å². The summed E-state index contributed by atoms with van der Waals surface area (Å²) in [5.41, 5.74) is 4.04. The average Bonchev–Trinajstić information content (AvgIpc) is 3.67. The van der Waals surface area contributed by atoms with Gasteiger partial charge in [-0.15, -0.1) is 0 Å². The number of hydrogen-bond donors (Lipinski definition) is 1. The van der Waals surface area contributed by atoms with Crippen molar-refractivity contribution in [1.82, 2.24) is 30.0 Å². The second kappa shape index (κ2) is 11.9. The van der Waals surface area contributed by atoms with Crippen LogP contribution in [-0.4, -0.2) is 103 Å². The molecule has 3 aliphatic heterocycles. The molecule has 0 spiro atoms. The van der Waals surface area contributed by atoms with Crippen molar-refractivity contribution in [3.63, 3.8) is 0 Å². The molecule has 2 fully saturated rings. The number of methoxy groups -OCH3 is 2. The Morgan fingerprint density at radius 3 is 2.41 bits per heavy atom. The van der Waals surface area contributed by atoms with Gasteiger partial charge < -0.3 is 29.1 Å². The van der Waals surface area contributed by atoms with E-state index in [1.54, 1.807) is 14.2 Å². The molecule has 6 rings (SSSR count). The third-order valence-electron chi connectivity index (χ3n) is 7.70. The van der Waals surface area contributed by atoms with Crippen molar-refractivity contribution >= 4 is 28.3 Å². The molecule has 11 nitrogen and oxygen atoms in total. The van der Waals surface area contributed by atoms with Gasteiger partial charge in [-0.25, -0.2) is 0 Å². The zero-order valence-corrected chi connectivity index (χ0v) is 23.1. The molecular formula is C28H38N8O3. The van der Waals surface area contributed by atoms with Crippen molar-refractivity contribution in [2.75, 3.05) is 76.9 Å². The fourth-order valence-electron chi connectivity index (χ4n) is 5.55. The van der Waals surface area contributed by atoms with Crippen LogP contribution in [0.25, 0.3) is 10.9 Å².